The molecule has 5 rings (SSSR count). The zero-order valence-corrected chi connectivity index (χ0v) is 27.7. The number of carbonyl (C=O) groups excluding carboxylic acids is 2. The Kier molecular flexibility index (Phi) is 10.2. The van der Waals surface area contributed by atoms with Crippen LogP contribution in [0.2, 0.25) is 0 Å². The fraction of sp³-hybridized carbons (Fsp3) is 0.400. The Morgan fingerprint density at radius 2 is 1.73 bits per heavy atom. The van der Waals surface area contributed by atoms with Gasteiger partial charge in [0.1, 0.15) is 23.7 Å². The number of aryl methyl sites for hydroxylation is 1. The van der Waals surface area contributed by atoms with Gasteiger partial charge in [0, 0.05) is 62.0 Å². The molecule has 2 N–H and O–H groups in total. The molecule has 3 heterocycles. The van der Waals surface area contributed by atoms with E-state index in [1.807, 2.05) is 6.07 Å². The number of anilines is 2. The standard InChI is InChI=1S/C35H40FN5O7/c1-6-39-18-26(34(44)45)32(42)25-15-27(36)30(17-29(25)39)40-11-13-41(14-12-40)35(46)47-19-23-7-9-24(10-8-23)37-33(43)22(5)28-16-31(48-38-28)21(4)20(2)3/h7-10,15-18,20-22H,6,11-14,19H2,1-5H3,(H,37,43)(H,44,45)/t21-,22?/m0/s1. The number of fused-ring (bicyclic) bond motifs is 1. The van der Waals surface area contributed by atoms with Crippen LogP contribution >= 0.6 is 0 Å². The lowest BCUT2D eigenvalue weighted by Crippen LogP contribution is -2.49. The SMILES string of the molecule is CCn1cc(C(=O)O)c(=O)c2cc(F)c(N3CCN(C(=O)OCc4ccc(NC(=O)C(C)c5cc([C@@H](C)C(C)C)on5)cc4)CC3)cc21. The van der Waals surface area contributed by atoms with Crippen molar-refractivity contribution in [1.29, 1.82) is 0 Å². The molecule has 1 aliphatic heterocycles. The van der Waals surface area contributed by atoms with Crippen LogP contribution in [0.15, 0.2) is 58.0 Å². The van der Waals surface area contributed by atoms with Crippen LogP contribution in [0.4, 0.5) is 20.6 Å². The van der Waals surface area contributed by atoms with Crippen LogP contribution in [0, 0.1) is 11.7 Å². The van der Waals surface area contributed by atoms with Crippen molar-refractivity contribution in [2.45, 2.75) is 59.6 Å². The number of nitrogens with zero attached hydrogens (tertiary/aromatic N) is 4. The van der Waals surface area contributed by atoms with E-state index >= 15 is 4.39 Å². The van der Waals surface area contributed by atoms with Crippen molar-refractivity contribution in [3.05, 3.63) is 87.3 Å². The van der Waals surface area contributed by atoms with Crippen molar-refractivity contribution in [2.75, 3.05) is 36.4 Å². The molecule has 2 aromatic carbocycles. The molecule has 2 atom stereocenters. The molecule has 48 heavy (non-hydrogen) atoms. The second kappa shape index (κ2) is 14.3. The van der Waals surface area contributed by atoms with E-state index in [0.717, 1.165) is 17.4 Å². The minimum Gasteiger partial charge on any atom is -0.477 e. The number of aromatic nitrogens is 2. The number of carboxylic acid groups (broad SMARTS) is 1. The quantitative estimate of drug-likeness (QED) is 0.215. The topological polar surface area (TPSA) is 147 Å². The van der Waals surface area contributed by atoms with E-state index in [9.17, 15) is 24.3 Å². The lowest BCUT2D eigenvalue weighted by atomic mass is 9.94. The highest BCUT2D eigenvalue weighted by Gasteiger charge is 2.26. The Labute approximate surface area is 277 Å². The predicted molar refractivity (Wildman–Crippen MR) is 178 cm³/mol. The van der Waals surface area contributed by atoms with Crippen LogP contribution in [-0.4, -0.2) is 63.9 Å². The minimum absolute atomic E-state index is 0.00190. The number of pyridine rings is 1. The monoisotopic (exact) mass is 661 g/mol. The van der Waals surface area contributed by atoms with E-state index in [2.05, 4.69) is 31.2 Å². The van der Waals surface area contributed by atoms with Crippen LogP contribution in [-0.2, 0) is 22.7 Å². The molecule has 13 heteroatoms. The molecule has 12 nitrogen and oxygen atoms in total. The largest absolute Gasteiger partial charge is 0.477 e. The molecular formula is C35H40FN5O7. The van der Waals surface area contributed by atoms with Gasteiger partial charge in [0.05, 0.1) is 22.8 Å². The Balaban J connectivity index is 1.13. The van der Waals surface area contributed by atoms with Gasteiger partial charge in [-0.15, -0.1) is 0 Å². The number of halogens is 1. The summed E-state index contributed by atoms with van der Waals surface area (Å²) in [5, 5.41) is 16.4. The highest BCUT2D eigenvalue weighted by Crippen LogP contribution is 2.28. The molecule has 0 bridgehead atoms. The van der Waals surface area contributed by atoms with Crippen molar-refractivity contribution >= 4 is 40.2 Å². The van der Waals surface area contributed by atoms with Gasteiger partial charge in [0.15, 0.2) is 0 Å². The van der Waals surface area contributed by atoms with Crippen LogP contribution in [0.3, 0.4) is 0 Å². The number of hydrogen-bond donors (Lipinski definition) is 2. The molecule has 2 aromatic heterocycles. The van der Waals surface area contributed by atoms with Gasteiger partial charge in [0.2, 0.25) is 11.3 Å². The number of benzene rings is 2. The minimum atomic E-state index is -1.36. The number of ether oxygens (including phenoxy) is 1. The van der Waals surface area contributed by atoms with Gasteiger partial charge in [-0.1, -0.05) is 38.1 Å². The summed E-state index contributed by atoms with van der Waals surface area (Å²) in [6, 6.07) is 11.5. The highest BCUT2D eigenvalue weighted by molar-refractivity contribution is 5.95. The zero-order valence-electron chi connectivity index (χ0n) is 27.7. The van der Waals surface area contributed by atoms with Crippen LogP contribution in [0.25, 0.3) is 10.9 Å². The van der Waals surface area contributed by atoms with Crippen molar-refractivity contribution < 1.29 is 33.1 Å². The summed E-state index contributed by atoms with van der Waals surface area (Å²) in [6.07, 6.45) is 0.774. The number of aromatic carboxylic acids is 1. The van der Waals surface area contributed by atoms with Crippen LogP contribution in [0.5, 0.6) is 0 Å². The zero-order chi connectivity index (χ0) is 34.7. The van der Waals surface area contributed by atoms with Crippen molar-refractivity contribution in [1.82, 2.24) is 14.6 Å². The Morgan fingerprint density at radius 1 is 1.04 bits per heavy atom. The summed E-state index contributed by atoms with van der Waals surface area (Å²) in [5.41, 5.74) is 1.46. The molecule has 0 spiro atoms. The smallest absolute Gasteiger partial charge is 0.410 e. The average Bonchev–Trinajstić information content (AvgIpc) is 3.57. The van der Waals surface area contributed by atoms with Crippen LogP contribution < -0.4 is 15.6 Å². The second-order valence-corrected chi connectivity index (χ2v) is 12.4. The first kappa shape index (κ1) is 34.1. The molecule has 1 fully saturated rings. The summed E-state index contributed by atoms with van der Waals surface area (Å²) in [5.74, 6) is -1.41. The number of piperazine rings is 1. The van der Waals surface area contributed by atoms with E-state index in [1.54, 1.807) is 58.5 Å². The number of amides is 2. The molecule has 254 valence electrons. The lowest BCUT2D eigenvalue weighted by Gasteiger charge is -2.35. The summed E-state index contributed by atoms with van der Waals surface area (Å²) >= 11 is 0. The first-order valence-corrected chi connectivity index (χ1v) is 16.0. The predicted octanol–water partition coefficient (Wildman–Crippen LogP) is 5.81. The third kappa shape index (κ3) is 7.19. The molecule has 1 saturated heterocycles. The molecule has 1 aliphatic rings. The van der Waals surface area contributed by atoms with E-state index in [1.165, 1.54) is 6.20 Å². The molecular weight excluding hydrogens is 621 g/mol. The maximum Gasteiger partial charge on any atom is 0.410 e. The van der Waals surface area contributed by atoms with Crippen molar-refractivity contribution in [3.63, 3.8) is 0 Å². The van der Waals surface area contributed by atoms with E-state index in [0.29, 0.717) is 55.5 Å². The summed E-state index contributed by atoms with van der Waals surface area (Å²) in [6.45, 7) is 11.5. The van der Waals surface area contributed by atoms with Gasteiger partial charge in [-0.3, -0.25) is 9.59 Å². The fourth-order valence-corrected chi connectivity index (χ4v) is 5.54. The van der Waals surface area contributed by atoms with Gasteiger partial charge in [-0.25, -0.2) is 14.0 Å². The van der Waals surface area contributed by atoms with Gasteiger partial charge in [0.25, 0.3) is 0 Å². The first-order chi connectivity index (χ1) is 22.9. The van der Waals surface area contributed by atoms with Crippen LogP contribution in [0.1, 0.15) is 73.8 Å². The lowest BCUT2D eigenvalue weighted by molar-refractivity contribution is -0.117. The fourth-order valence-electron chi connectivity index (χ4n) is 5.54. The third-order valence-corrected chi connectivity index (χ3v) is 9.01. The molecule has 0 aliphatic carbocycles. The first-order valence-electron chi connectivity index (χ1n) is 16.0. The van der Waals surface area contributed by atoms with Gasteiger partial charge in [-0.05, 0) is 49.6 Å². The normalized spacial score (nSPS) is 14.6. The van der Waals surface area contributed by atoms with Crippen molar-refractivity contribution in [2.24, 2.45) is 5.92 Å². The number of carboxylic acids is 1. The Bertz CT molecular complexity index is 1880. The number of nitrogens with one attached hydrogen (secondary N) is 1. The molecule has 4 aromatic rings. The van der Waals surface area contributed by atoms with Gasteiger partial charge >= 0.3 is 12.1 Å². The van der Waals surface area contributed by atoms with E-state index < -0.39 is 34.8 Å². The number of rotatable bonds is 10. The molecule has 0 radical (unpaired) electrons. The maximum absolute atomic E-state index is 15.2. The maximum atomic E-state index is 15.2. The Hall–Kier alpha value is -5.20. The van der Waals surface area contributed by atoms with E-state index in [4.69, 9.17) is 9.26 Å². The van der Waals surface area contributed by atoms with E-state index in [-0.39, 0.29) is 29.5 Å². The summed E-state index contributed by atoms with van der Waals surface area (Å²) in [7, 11) is 0. The van der Waals surface area contributed by atoms with Crippen molar-refractivity contribution in [3.8, 4) is 0 Å². The number of hydrogen-bond acceptors (Lipinski definition) is 8. The molecule has 2 amide bonds. The number of carbonyl (C=O) groups is 3. The van der Waals surface area contributed by atoms with Gasteiger partial charge in [-0.2, -0.15) is 0 Å². The average molecular weight is 662 g/mol. The highest BCUT2D eigenvalue weighted by atomic mass is 19.1. The third-order valence-electron chi connectivity index (χ3n) is 9.01. The summed E-state index contributed by atoms with van der Waals surface area (Å²) < 4.78 is 27.8. The molecule has 0 saturated carbocycles. The van der Waals surface area contributed by atoms with Gasteiger partial charge < -0.3 is 34.1 Å². The summed E-state index contributed by atoms with van der Waals surface area (Å²) in [4.78, 5) is 53.2. The molecule has 1 unspecified atom stereocenters. The Morgan fingerprint density at radius 3 is 2.35 bits per heavy atom. The second-order valence-electron chi connectivity index (χ2n) is 12.4.